The van der Waals surface area contributed by atoms with Crippen LogP contribution in [0.4, 0.5) is 5.82 Å². The summed E-state index contributed by atoms with van der Waals surface area (Å²) in [7, 11) is 0. The molecule has 1 aromatic rings. The van der Waals surface area contributed by atoms with Crippen LogP contribution in [0, 0.1) is 0 Å². The highest BCUT2D eigenvalue weighted by molar-refractivity contribution is 5.34. The number of rotatable bonds is 3. The van der Waals surface area contributed by atoms with Gasteiger partial charge in [-0.1, -0.05) is 19.3 Å². The summed E-state index contributed by atoms with van der Waals surface area (Å²) in [6.07, 6.45) is 8.59. The fraction of sp³-hybridized carbons (Fsp3) is 0.727. The third kappa shape index (κ3) is 1.91. The van der Waals surface area contributed by atoms with E-state index in [-0.39, 0.29) is 0 Å². The van der Waals surface area contributed by atoms with Crippen molar-refractivity contribution >= 4 is 5.82 Å². The van der Waals surface area contributed by atoms with Crippen LogP contribution < -0.4 is 5.32 Å². The summed E-state index contributed by atoms with van der Waals surface area (Å²) in [4.78, 5) is 0. The molecule has 0 spiro atoms. The quantitative estimate of drug-likeness (QED) is 0.800. The van der Waals surface area contributed by atoms with E-state index in [0.29, 0.717) is 6.04 Å². The van der Waals surface area contributed by atoms with Crippen molar-refractivity contribution in [1.29, 1.82) is 0 Å². The van der Waals surface area contributed by atoms with Gasteiger partial charge in [-0.05, 0) is 19.8 Å². The number of nitrogens with one attached hydrogen (secondary N) is 1. The van der Waals surface area contributed by atoms with Gasteiger partial charge in [0.2, 0.25) is 0 Å². The van der Waals surface area contributed by atoms with Crippen LogP contribution in [-0.2, 0) is 0 Å². The second kappa shape index (κ2) is 4.49. The summed E-state index contributed by atoms with van der Waals surface area (Å²) >= 11 is 0. The van der Waals surface area contributed by atoms with Crippen LogP contribution in [-0.4, -0.2) is 16.3 Å². The molecule has 14 heavy (non-hydrogen) atoms. The van der Waals surface area contributed by atoms with E-state index >= 15 is 0 Å². The van der Waals surface area contributed by atoms with Gasteiger partial charge in [-0.25, -0.2) is 4.68 Å². The minimum atomic E-state index is 0.632. The molecular weight excluding hydrogens is 174 g/mol. The zero-order chi connectivity index (χ0) is 9.80. The zero-order valence-electron chi connectivity index (χ0n) is 8.87. The summed E-state index contributed by atoms with van der Waals surface area (Å²) < 4.78 is 2.17. The molecule has 1 fully saturated rings. The first-order valence-corrected chi connectivity index (χ1v) is 5.69. The van der Waals surface area contributed by atoms with Crippen LogP contribution in [0.5, 0.6) is 0 Å². The summed E-state index contributed by atoms with van der Waals surface area (Å²) in [6, 6.07) is 2.70. The van der Waals surface area contributed by atoms with Crippen LogP contribution in [0.1, 0.15) is 45.1 Å². The highest BCUT2D eigenvalue weighted by Crippen LogP contribution is 2.29. The van der Waals surface area contributed by atoms with Crippen LogP contribution in [0.3, 0.4) is 0 Å². The molecule has 0 aliphatic heterocycles. The molecular formula is C11H19N3. The Morgan fingerprint density at radius 3 is 2.93 bits per heavy atom. The van der Waals surface area contributed by atoms with Crippen LogP contribution in [0.2, 0.25) is 0 Å². The first kappa shape index (κ1) is 9.56. The molecule has 0 radical (unpaired) electrons. The molecule has 0 bridgehead atoms. The summed E-state index contributed by atoms with van der Waals surface area (Å²) in [5.41, 5.74) is 0. The van der Waals surface area contributed by atoms with E-state index in [0.717, 1.165) is 6.54 Å². The standard InChI is InChI=1S/C11H19N3/c1-2-12-11-8-9-13-14(11)10-6-4-3-5-7-10/h8-10,12H,2-7H2,1H3. The van der Waals surface area contributed by atoms with Gasteiger partial charge in [0.1, 0.15) is 5.82 Å². The van der Waals surface area contributed by atoms with E-state index in [1.807, 2.05) is 6.20 Å². The van der Waals surface area contributed by atoms with E-state index in [2.05, 4.69) is 28.1 Å². The van der Waals surface area contributed by atoms with Crippen molar-refractivity contribution in [3.8, 4) is 0 Å². The molecule has 1 saturated carbocycles. The number of nitrogens with zero attached hydrogens (tertiary/aromatic N) is 2. The van der Waals surface area contributed by atoms with Gasteiger partial charge in [0.05, 0.1) is 12.2 Å². The minimum Gasteiger partial charge on any atom is -0.371 e. The van der Waals surface area contributed by atoms with Crippen molar-refractivity contribution in [2.45, 2.75) is 45.1 Å². The monoisotopic (exact) mass is 193 g/mol. The lowest BCUT2D eigenvalue weighted by molar-refractivity contribution is 0.332. The van der Waals surface area contributed by atoms with Gasteiger partial charge in [-0.15, -0.1) is 0 Å². The highest BCUT2D eigenvalue weighted by Gasteiger charge is 2.17. The fourth-order valence-corrected chi connectivity index (χ4v) is 2.25. The Kier molecular flexibility index (Phi) is 3.07. The molecule has 0 amide bonds. The number of hydrogen-bond acceptors (Lipinski definition) is 2. The lowest BCUT2D eigenvalue weighted by Gasteiger charge is -2.23. The first-order valence-electron chi connectivity index (χ1n) is 5.69. The van der Waals surface area contributed by atoms with Crippen molar-refractivity contribution in [2.24, 2.45) is 0 Å². The Labute approximate surface area is 85.5 Å². The van der Waals surface area contributed by atoms with Gasteiger partial charge in [0, 0.05) is 12.6 Å². The molecule has 0 aromatic carbocycles. The molecule has 0 saturated heterocycles. The van der Waals surface area contributed by atoms with E-state index in [1.54, 1.807) is 0 Å². The summed E-state index contributed by atoms with van der Waals surface area (Å²) in [5, 5.41) is 7.77. The van der Waals surface area contributed by atoms with E-state index in [1.165, 1.54) is 37.9 Å². The SMILES string of the molecule is CCNc1ccnn1C1CCCCC1. The number of anilines is 1. The maximum Gasteiger partial charge on any atom is 0.124 e. The molecule has 1 aliphatic carbocycles. The Morgan fingerprint density at radius 1 is 1.43 bits per heavy atom. The molecule has 1 N–H and O–H groups in total. The predicted molar refractivity (Wildman–Crippen MR) is 58.5 cm³/mol. The van der Waals surface area contributed by atoms with Gasteiger partial charge in [0.25, 0.3) is 0 Å². The third-order valence-corrected chi connectivity index (χ3v) is 2.95. The van der Waals surface area contributed by atoms with Gasteiger partial charge in [0.15, 0.2) is 0 Å². The average molecular weight is 193 g/mol. The second-order valence-corrected chi connectivity index (χ2v) is 3.98. The maximum atomic E-state index is 4.41. The van der Waals surface area contributed by atoms with Gasteiger partial charge < -0.3 is 5.32 Å². The number of aromatic nitrogens is 2. The normalized spacial score (nSPS) is 18.4. The fourth-order valence-electron chi connectivity index (χ4n) is 2.25. The van der Waals surface area contributed by atoms with Crippen LogP contribution in [0.15, 0.2) is 12.3 Å². The second-order valence-electron chi connectivity index (χ2n) is 3.98. The van der Waals surface area contributed by atoms with Gasteiger partial charge in [-0.3, -0.25) is 0 Å². The van der Waals surface area contributed by atoms with E-state index < -0.39 is 0 Å². The molecule has 2 rings (SSSR count). The molecule has 0 unspecified atom stereocenters. The Morgan fingerprint density at radius 2 is 2.21 bits per heavy atom. The van der Waals surface area contributed by atoms with Gasteiger partial charge >= 0.3 is 0 Å². The average Bonchev–Trinajstić information content (AvgIpc) is 2.68. The molecule has 1 aromatic heterocycles. The van der Waals surface area contributed by atoms with E-state index in [9.17, 15) is 0 Å². The summed E-state index contributed by atoms with van der Waals surface area (Å²) in [5.74, 6) is 1.18. The van der Waals surface area contributed by atoms with Crippen molar-refractivity contribution in [3.63, 3.8) is 0 Å². The Bertz CT molecular complexity index is 274. The molecule has 1 aliphatic rings. The van der Waals surface area contributed by atoms with Crippen molar-refractivity contribution < 1.29 is 0 Å². The number of hydrogen-bond donors (Lipinski definition) is 1. The van der Waals surface area contributed by atoms with Crippen molar-refractivity contribution in [3.05, 3.63) is 12.3 Å². The maximum absolute atomic E-state index is 4.41. The predicted octanol–water partition coefficient (Wildman–Crippen LogP) is 2.82. The van der Waals surface area contributed by atoms with E-state index in [4.69, 9.17) is 0 Å². The molecule has 3 heteroatoms. The highest BCUT2D eigenvalue weighted by atomic mass is 15.3. The molecule has 78 valence electrons. The Balaban J connectivity index is 2.09. The lowest BCUT2D eigenvalue weighted by atomic mass is 9.96. The van der Waals surface area contributed by atoms with Crippen molar-refractivity contribution in [2.75, 3.05) is 11.9 Å². The summed E-state index contributed by atoms with van der Waals surface area (Å²) in [6.45, 7) is 3.09. The molecule has 3 nitrogen and oxygen atoms in total. The van der Waals surface area contributed by atoms with Crippen LogP contribution in [0.25, 0.3) is 0 Å². The van der Waals surface area contributed by atoms with Crippen LogP contribution >= 0.6 is 0 Å². The topological polar surface area (TPSA) is 29.9 Å². The lowest BCUT2D eigenvalue weighted by Crippen LogP contribution is -2.16. The largest absolute Gasteiger partial charge is 0.371 e. The molecule has 0 atom stereocenters. The molecule has 1 heterocycles. The van der Waals surface area contributed by atoms with Crippen molar-refractivity contribution in [1.82, 2.24) is 9.78 Å². The Hall–Kier alpha value is -0.990. The van der Waals surface area contributed by atoms with Gasteiger partial charge in [-0.2, -0.15) is 5.10 Å². The minimum absolute atomic E-state index is 0.632. The smallest absolute Gasteiger partial charge is 0.124 e. The third-order valence-electron chi connectivity index (χ3n) is 2.95. The zero-order valence-corrected chi connectivity index (χ0v) is 8.87. The first-order chi connectivity index (χ1) is 6.92.